The van der Waals surface area contributed by atoms with Crippen molar-refractivity contribution in [2.45, 2.75) is 12.8 Å². The molecule has 0 aliphatic heterocycles. The summed E-state index contributed by atoms with van der Waals surface area (Å²) in [7, 11) is 3.15. The Morgan fingerprint density at radius 3 is 2.07 bits per heavy atom. The number of amides is 1. The summed E-state index contributed by atoms with van der Waals surface area (Å²) in [6, 6.07) is 0. The molecule has 0 aliphatic rings. The highest BCUT2D eigenvalue weighted by atomic mass is 16.5. The van der Waals surface area contributed by atoms with Crippen LogP contribution in [0, 0.1) is 0 Å². The number of Topliss-reactive ketones (excluding diaryl/α,β-unsaturated/α-hetero) is 1. The second-order valence-corrected chi connectivity index (χ2v) is 5.68. The van der Waals surface area contributed by atoms with Crippen molar-refractivity contribution in [2.75, 3.05) is 71.9 Å². The summed E-state index contributed by atoms with van der Waals surface area (Å²) in [6.45, 7) is 2.82. The Morgan fingerprint density at radius 2 is 1.43 bits per heavy atom. The summed E-state index contributed by atoms with van der Waals surface area (Å²) < 4.78 is 20.2. The van der Waals surface area contributed by atoms with Crippen LogP contribution in [0.15, 0.2) is 0 Å². The first kappa shape index (κ1) is 23.7. The van der Waals surface area contributed by atoms with Crippen LogP contribution in [0.3, 0.4) is 0 Å². The smallest absolute Gasteiger partial charge is 0.273 e. The Kier molecular flexibility index (Phi) is 11.7. The summed E-state index contributed by atoms with van der Waals surface area (Å²) in [5.74, 6) is -1.16. The molecule has 0 bridgehead atoms. The zero-order valence-corrected chi connectivity index (χ0v) is 16.4. The molecule has 0 saturated heterocycles. The quantitative estimate of drug-likeness (QED) is 0.263. The lowest BCUT2D eigenvalue weighted by atomic mass is 10.1. The average Bonchev–Trinajstić information content (AvgIpc) is 2.68. The molecule has 11 heteroatoms. The van der Waals surface area contributed by atoms with Crippen LogP contribution in [-0.2, 0) is 18.9 Å². The molecule has 5 N–H and O–H groups in total. The maximum atomic E-state index is 12.2. The normalized spacial score (nSPS) is 10.8. The first-order valence-corrected chi connectivity index (χ1v) is 8.89. The van der Waals surface area contributed by atoms with Crippen LogP contribution < -0.4 is 16.8 Å². The molecule has 0 atom stereocenters. The van der Waals surface area contributed by atoms with Crippen LogP contribution >= 0.6 is 0 Å². The van der Waals surface area contributed by atoms with Gasteiger partial charge in [0.2, 0.25) is 0 Å². The van der Waals surface area contributed by atoms with E-state index in [1.165, 1.54) is 0 Å². The average molecular weight is 399 g/mol. The monoisotopic (exact) mass is 399 g/mol. The zero-order valence-electron chi connectivity index (χ0n) is 16.4. The highest BCUT2D eigenvalue weighted by Crippen LogP contribution is 2.15. The van der Waals surface area contributed by atoms with Crippen molar-refractivity contribution >= 4 is 23.3 Å². The van der Waals surface area contributed by atoms with Gasteiger partial charge in [0, 0.05) is 33.8 Å². The number of carbonyl (C=O) groups excluding carboxylic acids is 2. The number of methoxy groups -OCH3 is 2. The number of ether oxygens (including phenoxy) is 4. The van der Waals surface area contributed by atoms with Crippen molar-refractivity contribution in [1.82, 2.24) is 15.3 Å². The molecule has 1 aromatic rings. The van der Waals surface area contributed by atoms with Crippen molar-refractivity contribution in [3.8, 4) is 0 Å². The lowest BCUT2D eigenvalue weighted by Gasteiger charge is -2.10. The Morgan fingerprint density at radius 1 is 0.857 bits per heavy atom. The Hall–Kier alpha value is -2.34. The number of nitrogens with one attached hydrogen (secondary N) is 1. The minimum absolute atomic E-state index is 0.0474. The van der Waals surface area contributed by atoms with E-state index in [1.54, 1.807) is 14.2 Å². The number of nitrogens with two attached hydrogens (primary N) is 2. The van der Waals surface area contributed by atoms with Gasteiger partial charge in [-0.15, -0.1) is 0 Å². The van der Waals surface area contributed by atoms with E-state index in [-0.39, 0.29) is 41.8 Å². The number of hydrogen-bond acceptors (Lipinski definition) is 10. The standard InChI is InChI=1S/C17H29N5O6/c1-25-8-10-27-6-3-4-12(23)13-15(18)22-14(16(19)21-13)17(24)20-5-7-28-11-9-26-2/h3-11H2,1-2H3,(H2,18,22)(H2,19,21)(H,20,24). The molecule has 0 aliphatic carbocycles. The van der Waals surface area contributed by atoms with E-state index >= 15 is 0 Å². The predicted octanol–water partition coefficient (Wildman–Crippen LogP) is -0.340. The van der Waals surface area contributed by atoms with Crippen molar-refractivity contribution < 1.29 is 28.5 Å². The number of rotatable bonds is 15. The van der Waals surface area contributed by atoms with Crippen LogP contribution in [-0.4, -0.2) is 82.1 Å². The molecule has 1 aromatic heterocycles. The molecule has 1 heterocycles. The molecule has 28 heavy (non-hydrogen) atoms. The zero-order chi connectivity index (χ0) is 20.8. The minimum Gasteiger partial charge on any atom is -0.382 e. The maximum Gasteiger partial charge on any atom is 0.273 e. The maximum absolute atomic E-state index is 12.2. The van der Waals surface area contributed by atoms with Crippen molar-refractivity contribution in [3.05, 3.63) is 11.4 Å². The van der Waals surface area contributed by atoms with Crippen LogP contribution in [0.4, 0.5) is 11.6 Å². The fourth-order valence-electron chi connectivity index (χ4n) is 2.10. The van der Waals surface area contributed by atoms with Gasteiger partial charge in [-0.2, -0.15) is 0 Å². The summed E-state index contributed by atoms with van der Waals surface area (Å²) in [5.41, 5.74) is 11.4. The highest BCUT2D eigenvalue weighted by molar-refractivity contribution is 6.01. The van der Waals surface area contributed by atoms with Gasteiger partial charge in [0.25, 0.3) is 5.91 Å². The summed E-state index contributed by atoms with van der Waals surface area (Å²) in [5, 5.41) is 2.60. The van der Waals surface area contributed by atoms with E-state index in [4.69, 9.17) is 30.4 Å². The first-order chi connectivity index (χ1) is 13.5. The number of nitrogen functional groups attached to an aromatic ring is 2. The van der Waals surface area contributed by atoms with Gasteiger partial charge >= 0.3 is 0 Å². The summed E-state index contributed by atoms with van der Waals surface area (Å²) in [4.78, 5) is 32.3. The van der Waals surface area contributed by atoms with E-state index < -0.39 is 5.91 Å². The minimum atomic E-state index is -0.544. The molecule has 11 nitrogen and oxygen atoms in total. The van der Waals surface area contributed by atoms with Gasteiger partial charge in [0.15, 0.2) is 28.8 Å². The van der Waals surface area contributed by atoms with E-state index in [2.05, 4.69) is 15.3 Å². The van der Waals surface area contributed by atoms with Gasteiger partial charge in [-0.1, -0.05) is 0 Å². The van der Waals surface area contributed by atoms with Gasteiger partial charge < -0.3 is 35.7 Å². The van der Waals surface area contributed by atoms with Crippen molar-refractivity contribution in [3.63, 3.8) is 0 Å². The number of anilines is 2. The highest BCUT2D eigenvalue weighted by Gasteiger charge is 2.20. The van der Waals surface area contributed by atoms with Gasteiger partial charge in [-0.3, -0.25) is 9.59 Å². The molecule has 0 aromatic carbocycles. The van der Waals surface area contributed by atoms with Crippen molar-refractivity contribution in [1.29, 1.82) is 0 Å². The molecule has 158 valence electrons. The van der Waals surface area contributed by atoms with E-state index in [0.717, 1.165) is 0 Å². The fraction of sp³-hybridized carbons (Fsp3) is 0.647. The largest absolute Gasteiger partial charge is 0.382 e. The number of ketones is 1. The molecule has 1 rings (SSSR count). The van der Waals surface area contributed by atoms with E-state index in [1.807, 2.05) is 0 Å². The third-order valence-electron chi connectivity index (χ3n) is 3.52. The summed E-state index contributed by atoms with van der Waals surface area (Å²) in [6.07, 6.45) is 0.671. The number of aromatic nitrogens is 2. The molecule has 0 spiro atoms. The van der Waals surface area contributed by atoms with Gasteiger partial charge in [-0.25, -0.2) is 9.97 Å². The second-order valence-electron chi connectivity index (χ2n) is 5.68. The van der Waals surface area contributed by atoms with E-state index in [9.17, 15) is 9.59 Å². The first-order valence-electron chi connectivity index (χ1n) is 8.89. The molecular formula is C17H29N5O6. The lowest BCUT2D eigenvalue weighted by Crippen LogP contribution is -2.30. The topological polar surface area (TPSA) is 161 Å². The Bertz CT molecular complexity index is 575. The molecule has 0 fully saturated rings. The Balaban J connectivity index is 2.51. The molecular weight excluding hydrogens is 370 g/mol. The van der Waals surface area contributed by atoms with Crippen molar-refractivity contribution in [2.24, 2.45) is 0 Å². The summed E-state index contributed by atoms with van der Waals surface area (Å²) >= 11 is 0. The molecule has 0 radical (unpaired) electrons. The molecule has 0 unspecified atom stereocenters. The number of nitrogens with zero attached hydrogens (tertiary/aromatic N) is 2. The second kappa shape index (κ2) is 13.8. The SMILES string of the molecule is COCCOCCCC(=O)c1nc(N)c(C(=O)NCCOCCOC)nc1N. The van der Waals surface area contributed by atoms with Crippen LogP contribution in [0.2, 0.25) is 0 Å². The molecule has 0 saturated carbocycles. The Labute approximate surface area is 164 Å². The van der Waals surface area contributed by atoms with Crippen LogP contribution in [0.25, 0.3) is 0 Å². The fourth-order valence-corrected chi connectivity index (χ4v) is 2.10. The van der Waals surface area contributed by atoms with Gasteiger partial charge in [-0.05, 0) is 6.42 Å². The van der Waals surface area contributed by atoms with E-state index in [0.29, 0.717) is 46.1 Å². The third kappa shape index (κ3) is 8.57. The molecule has 1 amide bonds. The number of carbonyl (C=O) groups is 2. The van der Waals surface area contributed by atoms with Gasteiger partial charge in [0.05, 0.1) is 33.0 Å². The van der Waals surface area contributed by atoms with Crippen LogP contribution in [0.1, 0.15) is 33.8 Å². The third-order valence-corrected chi connectivity index (χ3v) is 3.52. The van der Waals surface area contributed by atoms with Gasteiger partial charge in [0.1, 0.15) is 0 Å². The predicted molar refractivity (Wildman–Crippen MR) is 102 cm³/mol. The lowest BCUT2D eigenvalue weighted by molar-refractivity contribution is 0.0669. The van der Waals surface area contributed by atoms with Crippen LogP contribution in [0.5, 0.6) is 0 Å². The number of hydrogen-bond donors (Lipinski definition) is 3.